The maximum absolute atomic E-state index is 11.9. The van der Waals surface area contributed by atoms with Crippen molar-refractivity contribution in [3.63, 3.8) is 0 Å². The number of aryl methyl sites for hydroxylation is 2. The Kier molecular flexibility index (Phi) is 5.16. The minimum Gasteiger partial charge on any atom is -0.467 e. The maximum Gasteiger partial charge on any atom is 0.243 e. The molecule has 0 aliphatic heterocycles. The van der Waals surface area contributed by atoms with Gasteiger partial charge in [-0.3, -0.25) is 9.48 Å². The average molecular weight is 321 g/mol. The molecule has 0 bridgehead atoms. The molecule has 2 aromatic heterocycles. The zero-order valence-corrected chi connectivity index (χ0v) is 13.6. The Balaban J connectivity index is 1.76. The van der Waals surface area contributed by atoms with E-state index < -0.39 is 0 Å². The lowest BCUT2D eigenvalue weighted by atomic mass is 10.3. The van der Waals surface area contributed by atoms with Gasteiger partial charge in [0, 0.05) is 7.05 Å². The van der Waals surface area contributed by atoms with Crippen LogP contribution in [0.15, 0.2) is 22.8 Å². The summed E-state index contributed by atoms with van der Waals surface area (Å²) in [5.41, 5.74) is 2.43. The molecular weight excluding hydrogens is 302 g/mol. The number of carbonyl (C=O) groups excluding carboxylic acids is 1. The summed E-state index contributed by atoms with van der Waals surface area (Å²) in [7, 11) is 1.84. The predicted octanol–water partition coefficient (Wildman–Crippen LogP) is 1.23. The van der Waals surface area contributed by atoms with Crippen LogP contribution in [-0.4, -0.2) is 27.3 Å². The van der Waals surface area contributed by atoms with Crippen LogP contribution in [0.3, 0.4) is 0 Å². The van der Waals surface area contributed by atoms with Crippen molar-refractivity contribution in [3.05, 3.63) is 35.5 Å². The molecule has 0 saturated carbocycles. The van der Waals surface area contributed by atoms with E-state index in [4.69, 9.17) is 16.6 Å². The molecule has 0 unspecified atom stereocenters. The molecule has 0 fully saturated rings. The summed E-state index contributed by atoms with van der Waals surface area (Å²) >= 11 is 5.11. The number of hydrogen-bond donors (Lipinski definition) is 3. The van der Waals surface area contributed by atoms with Crippen molar-refractivity contribution in [2.45, 2.75) is 20.4 Å². The molecule has 2 rings (SSSR count). The highest BCUT2D eigenvalue weighted by Crippen LogP contribution is 2.17. The van der Waals surface area contributed by atoms with Gasteiger partial charge in [0.2, 0.25) is 5.91 Å². The fourth-order valence-corrected chi connectivity index (χ4v) is 2.09. The van der Waals surface area contributed by atoms with Crippen LogP contribution in [0.5, 0.6) is 0 Å². The summed E-state index contributed by atoms with van der Waals surface area (Å²) in [5.74, 6) is 0.594. The molecule has 0 atom stereocenters. The first kappa shape index (κ1) is 16.0. The van der Waals surface area contributed by atoms with Crippen LogP contribution >= 0.6 is 12.2 Å². The lowest BCUT2D eigenvalue weighted by Crippen LogP contribution is -2.39. The monoisotopic (exact) mass is 321 g/mol. The van der Waals surface area contributed by atoms with E-state index >= 15 is 0 Å². The lowest BCUT2D eigenvalue weighted by Gasteiger charge is -2.10. The smallest absolute Gasteiger partial charge is 0.243 e. The van der Waals surface area contributed by atoms with E-state index in [1.807, 2.05) is 27.0 Å². The van der Waals surface area contributed by atoms with Gasteiger partial charge >= 0.3 is 0 Å². The molecule has 1 amide bonds. The van der Waals surface area contributed by atoms with E-state index in [1.54, 1.807) is 17.0 Å². The summed E-state index contributed by atoms with van der Waals surface area (Å²) < 4.78 is 6.91. The minimum absolute atomic E-state index is 0.0811. The Morgan fingerprint density at radius 2 is 2.18 bits per heavy atom. The topological polar surface area (TPSA) is 84.1 Å². The van der Waals surface area contributed by atoms with Crippen LogP contribution in [0, 0.1) is 13.8 Å². The van der Waals surface area contributed by atoms with Crippen molar-refractivity contribution in [2.75, 3.05) is 11.9 Å². The van der Waals surface area contributed by atoms with Gasteiger partial charge in [-0.1, -0.05) is 0 Å². The molecule has 0 spiro atoms. The van der Waals surface area contributed by atoms with Crippen molar-refractivity contribution < 1.29 is 9.21 Å². The zero-order chi connectivity index (χ0) is 16.1. The van der Waals surface area contributed by atoms with Crippen molar-refractivity contribution in [1.29, 1.82) is 0 Å². The number of amides is 1. The molecule has 0 radical (unpaired) electrons. The fourth-order valence-electron chi connectivity index (χ4n) is 1.94. The van der Waals surface area contributed by atoms with E-state index in [0.717, 1.165) is 22.8 Å². The third kappa shape index (κ3) is 4.08. The van der Waals surface area contributed by atoms with Gasteiger partial charge in [0.05, 0.1) is 36.4 Å². The van der Waals surface area contributed by atoms with Crippen LogP contribution in [0.4, 0.5) is 5.69 Å². The molecule has 22 heavy (non-hydrogen) atoms. The SMILES string of the molecule is Cc1nn(C)c(C)c1NC(=O)CNC(=S)NCc1ccco1. The molecule has 3 N–H and O–H groups in total. The highest BCUT2D eigenvalue weighted by molar-refractivity contribution is 7.80. The average Bonchev–Trinajstić information content (AvgIpc) is 3.07. The van der Waals surface area contributed by atoms with Gasteiger partial charge in [-0.15, -0.1) is 0 Å². The van der Waals surface area contributed by atoms with Gasteiger partial charge in [-0.05, 0) is 38.2 Å². The molecule has 0 aromatic carbocycles. The second kappa shape index (κ2) is 7.08. The Hall–Kier alpha value is -2.35. The maximum atomic E-state index is 11.9. The van der Waals surface area contributed by atoms with Crippen LogP contribution in [0.25, 0.3) is 0 Å². The van der Waals surface area contributed by atoms with Gasteiger partial charge < -0.3 is 20.4 Å². The molecule has 118 valence electrons. The molecule has 0 saturated heterocycles. The van der Waals surface area contributed by atoms with Crippen LogP contribution in [-0.2, 0) is 18.4 Å². The van der Waals surface area contributed by atoms with Crippen LogP contribution in [0.2, 0.25) is 0 Å². The standard InChI is InChI=1S/C14H19N5O2S/c1-9-13(10(2)19(3)18-9)17-12(20)8-16-14(22)15-7-11-5-4-6-21-11/h4-6H,7-8H2,1-3H3,(H,17,20)(H2,15,16,22). The number of anilines is 1. The zero-order valence-electron chi connectivity index (χ0n) is 12.8. The minimum atomic E-state index is -0.179. The third-order valence-electron chi connectivity index (χ3n) is 3.19. The van der Waals surface area contributed by atoms with Crippen LogP contribution in [0.1, 0.15) is 17.1 Å². The molecule has 8 heteroatoms. The first-order valence-corrected chi connectivity index (χ1v) is 7.22. The first-order chi connectivity index (χ1) is 10.5. The second-order valence-corrected chi connectivity index (χ2v) is 5.24. The van der Waals surface area contributed by atoms with Crippen LogP contribution < -0.4 is 16.0 Å². The van der Waals surface area contributed by atoms with E-state index in [1.165, 1.54) is 0 Å². The summed E-state index contributed by atoms with van der Waals surface area (Å²) in [6, 6.07) is 3.65. The highest BCUT2D eigenvalue weighted by atomic mass is 32.1. The Morgan fingerprint density at radius 3 is 2.77 bits per heavy atom. The molecule has 2 aromatic rings. The Bertz CT molecular complexity index is 663. The summed E-state index contributed by atoms with van der Waals surface area (Å²) in [5, 5.41) is 13.3. The van der Waals surface area contributed by atoms with Gasteiger partial charge in [0.15, 0.2) is 5.11 Å². The summed E-state index contributed by atoms with van der Waals surface area (Å²) in [6.07, 6.45) is 1.60. The molecular formula is C14H19N5O2S. The second-order valence-electron chi connectivity index (χ2n) is 4.83. The summed E-state index contributed by atoms with van der Waals surface area (Å²) in [4.78, 5) is 11.9. The highest BCUT2D eigenvalue weighted by Gasteiger charge is 2.12. The largest absolute Gasteiger partial charge is 0.467 e. The predicted molar refractivity (Wildman–Crippen MR) is 87.5 cm³/mol. The Morgan fingerprint density at radius 1 is 1.41 bits per heavy atom. The molecule has 7 nitrogen and oxygen atoms in total. The number of thiocarbonyl (C=S) groups is 1. The third-order valence-corrected chi connectivity index (χ3v) is 3.47. The number of furan rings is 1. The van der Waals surface area contributed by atoms with E-state index in [-0.39, 0.29) is 12.5 Å². The fraction of sp³-hybridized carbons (Fsp3) is 0.357. The van der Waals surface area contributed by atoms with Crippen molar-refractivity contribution in [3.8, 4) is 0 Å². The van der Waals surface area contributed by atoms with Crippen molar-refractivity contribution in [2.24, 2.45) is 7.05 Å². The molecule has 0 aliphatic rings. The van der Waals surface area contributed by atoms with Gasteiger partial charge in [0.1, 0.15) is 5.76 Å². The van der Waals surface area contributed by atoms with Gasteiger partial charge in [0.25, 0.3) is 0 Å². The summed E-state index contributed by atoms with van der Waals surface area (Å²) in [6.45, 7) is 4.31. The van der Waals surface area contributed by atoms with Crippen molar-refractivity contribution >= 4 is 28.9 Å². The van der Waals surface area contributed by atoms with E-state index in [9.17, 15) is 4.79 Å². The number of aromatic nitrogens is 2. The van der Waals surface area contributed by atoms with E-state index in [2.05, 4.69) is 21.0 Å². The van der Waals surface area contributed by atoms with E-state index in [0.29, 0.717) is 11.7 Å². The van der Waals surface area contributed by atoms with Gasteiger partial charge in [-0.25, -0.2) is 0 Å². The Labute approximate surface area is 134 Å². The number of hydrogen-bond acceptors (Lipinski definition) is 4. The number of nitrogens with zero attached hydrogens (tertiary/aromatic N) is 2. The van der Waals surface area contributed by atoms with Crippen molar-refractivity contribution in [1.82, 2.24) is 20.4 Å². The lowest BCUT2D eigenvalue weighted by molar-refractivity contribution is -0.115. The van der Waals surface area contributed by atoms with Gasteiger partial charge in [-0.2, -0.15) is 5.10 Å². The number of nitrogens with one attached hydrogen (secondary N) is 3. The normalized spacial score (nSPS) is 10.3. The molecule has 0 aliphatic carbocycles. The molecule has 2 heterocycles. The number of carbonyl (C=O) groups is 1. The first-order valence-electron chi connectivity index (χ1n) is 6.81. The number of rotatable bonds is 5. The quantitative estimate of drug-likeness (QED) is 0.719.